The quantitative estimate of drug-likeness (QED) is 0.483. The number of benzene rings is 1. The van der Waals surface area contributed by atoms with E-state index in [4.69, 9.17) is 37.9 Å². The third-order valence-corrected chi connectivity index (χ3v) is 7.45. The Bertz CT molecular complexity index is 778. The Labute approximate surface area is 213 Å². The molecule has 1 N–H and O–H groups in total. The van der Waals surface area contributed by atoms with Crippen LogP contribution in [0, 0.1) is 5.92 Å². The van der Waals surface area contributed by atoms with Crippen LogP contribution in [-0.4, -0.2) is 81.9 Å². The van der Waals surface area contributed by atoms with Crippen LogP contribution in [0.15, 0.2) is 24.3 Å². The van der Waals surface area contributed by atoms with E-state index in [2.05, 4.69) is 0 Å². The first-order valence-corrected chi connectivity index (χ1v) is 13.4. The van der Waals surface area contributed by atoms with Gasteiger partial charge in [-0.25, -0.2) is 0 Å². The van der Waals surface area contributed by atoms with Crippen LogP contribution in [0.1, 0.15) is 51.4 Å². The van der Waals surface area contributed by atoms with Crippen LogP contribution >= 0.6 is 0 Å². The Hall–Kier alpha value is -1.46. The van der Waals surface area contributed by atoms with E-state index in [0.717, 1.165) is 56.6 Å². The smallest absolute Gasteiger partial charge is 0.158 e. The van der Waals surface area contributed by atoms with Crippen molar-refractivity contribution in [2.24, 2.45) is 5.92 Å². The van der Waals surface area contributed by atoms with Crippen molar-refractivity contribution >= 4 is 0 Å². The van der Waals surface area contributed by atoms with Crippen LogP contribution in [-0.2, 0) is 28.4 Å². The minimum absolute atomic E-state index is 0.0719. The van der Waals surface area contributed by atoms with Crippen molar-refractivity contribution in [1.82, 2.24) is 0 Å². The fourth-order valence-electron chi connectivity index (χ4n) is 5.57. The normalized spacial score (nSPS) is 35.3. The molecule has 0 radical (unpaired) electrons. The Morgan fingerprint density at radius 2 is 1.64 bits per heavy atom. The van der Waals surface area contributed by atoms with Gasteiger partial charge in [0.2, 0.25) is 0 Å². The molecule has 3 aliphatic heterocycles. The minimum Gasteiger partial charge on any atom is -0.497 e. The lowest BCUT2D eigenvalue weighted by Crippen LogP contribution is -2.40. The summed E-state index contributed by atoms with van der Waals surface area (Å²) in [7, 11) is 1.64. The summed E-state index contributed by atoms with van der Waals surface area (Å²) in [6, 6.07) is 7.48. The third-order valence-electron chi connectivity index (χ3n) is 7.45. The zero-order chi connectivity index (χ0) is 24.7. The van der Waals surface area contributed by atoms with Crippen LogP contribution in [0.25, 0.3) is 0 Å². The van der Waals surface area contributed by atoms with E-state index in [-0.39, 0.29) is 42.9 Å². The van der Waals surface area contributed by atoms with E-state index >= 15 is 0 Å². The van der Waals surface area contributed by atoms with E-state index in [0.29, 0.717) is 32.7 Å². The topological polar surface area (TPSA) is 94.1 Å². The predicted octanol–water partition coefficient (Wildman–Crippen LogP) is 3.41. The monoisotopic (exact) mass is 508 g/mol. The van der Waals surface area contributed by atoms with E-state index in [1.54, 1.807) is 7.11 Å². The third kappa shape index (κ3) is 6.89. The Kier molecular flexibility index (Phi) is 9.35. The molecule has 8 atom stereocenters. The van der Waals surface area contributed by atoms with Gasteiger partial charge in [-0.05, 0) is 62.8 Å². The summed E-state index contributed by atoms with van der Waals surface area (Å²) < 4.78 is 47.8. The van der Waals surface area contributed by atoms with E-state index in [1.807, 2.05) is 24.3 Å². The first-order chi connectivity index (χ1) is 17.7. The fourth-order valence-corrected chi connectivity index (χ4v) is 5.57. The van der Waals surface area contributed by atoms with E-state index in [1.165, 1.54) is 0 Å². The summed E-state index contributed by atoms with van der Waals surface area (Å²) in [6.45, 7) is 2.08. The number of methoxy groups -OCH3 is 1. The molecule has 4 aliphatic rings. The number of rotatable bonds is 11. The lowest BCUT2D eigenvalue weighted by Gasteiger charge is -2.32. The van der Waals surface area contributed by atoms with Crippen LogP contribution in [0.4, 0.5) is 0 Å². The Morgan fingerprint density at radius 1 is 0.917 bits per heavy atom. The lowest BCUT2D eigenvalue weighted by molar-refractivity contribution is -0.227. The summed E-state index contributed by atoms with van der Waals surface area (Å²) in [6.07, 6.45) is 5.31. The first kappa shape index (κ1) is 26.2. The number of aliphatic hydroxyl groups is 1. The minimum atomic E-state index is -0.751. The highest BCUT2D eigenvalue weighted by atomic mass is 16.7. The molecule has 4 fully saturated rings. The van der Waals surface area contributed by atoms with Crippen LogP contribution in [0.2, 0.25) is 0 Å². The number of aliphatic hydroxyl groups excluding tert-OH is 1. The van der Waals surface area contributed by atoms with Crippen molar-refractivity contribution in [3.8, 4) is 11.5 Å². The van der Waals surface area contributed by atoms with Crippen molar-refractivity contribution in [2.75, 3.05) is 33.5 Å². The molecule has 0 aromatic heterocycles. The molecule has 1 aliphatic carbocycles. The molecule has 3 saturated heterocycles. The molecule has 3 heterocycles. The Morgan fingerprint density at radius 3 is 2.33 bits per heavy atom. The summed E-state index contributed by atoms with van der Waals surface area (Å²) >= 11 is 0. The van der Waals surface area contributed by atoms with Crippen molar-refractivity contribution in [3.05, 3.63) is 24.3 Å². The summed E-state index contributed by atoms with van der Waals surface area (Å²) in [5, 5.41) is 10.1. The summed E-state index contributed by atoms with van der Waals surface area (Å²) in [4.78, 5) is 0. The largest absolute Gasteiger partial charge is 0.497 e. The maximum absolute atomic E-state index is 10.1. The molecule has 9 nitrogen and oxygen atoms in total. The predicted molar refractivity (Wildman–Crippen MR) is 129 cm³/mol. The number of hydrogen-bond acceptors (Lipinski definition) is 9. The molecular weight excluding hydrogens is 468 g/mol. The molecule has 202 valence electrons. The average Bonchev–Trinajstić information content (AvgIpc) is 3.42. The maximum atomic E-state index is 10.1. The van der Waals surface area contributed by atoms with Gasteiger partial charge in [0.15, 0.2) is 18.9 Å². The highest BCUT2D eigenvalue weighted by Gasteiger charge is 2.51. The van der Waals surface area contributed by atoms with Gasteiger partial charge in [0.25, 0.3) is 0 Å². The molecule has 0 bridgehead atoms. The van der Waals surface area contributed by atoms with Gasteiger partial charge >= 0.3 is 0 Å². The Balaban J connectivity index is 1.21. The second kappa shape index (κ2) is 12.9. The van der Waals surface area contributed by atoms with Gasteiger partial charge < -0.3 is 43.0 Å². The molecule has 1 saturated carbocycles. The van der Waals surface area contributed by atoms with Gasteiger partial charge in [-0.2, -0.15) is 0 Å². The highest BCUT2D eigenvalue weighted by Crippen LogP contribution is 2.42. The molecule has 0 spiro atoms. The molecule has 4 unspecified atom stereocenters. The molecular formula is C27H40O9. The van der Waals surface area contributed by atoms with E-state index < -0.39 is 6.29 Å². The molecule has 36 heavy (non-hydrogen) atoms. The average molecular weight is 509 g/mol. The van der Waals surface area contributed by atoms with Gasteiger partial charge in [0.1, 0.15) is 24.2 Å². The summed E-state index contributed by atoms with van der Waals surface area (Å²) in [5.41, 5.74) is 0. The molecule has 9 heteroatoms. The van der Waals surface area contributed by atoms with Crippen LogP contribution < -0.4 is 9.47 Å². The number of hydrogen-bond donors (Lipinski definition) is 1. The first-order valence-electron chi connectivity index (χ1n) is 13.4. The van der Waals surface area contributed by atoms with Crippen molar-refractivity contribution in [1.29, 1.82) is 0 Å². The lowest BCUT2D eigenvalue weighted by atomic mass is 10.0. The summed E-state index contributed by atoms with van der Waals surface area (Å²) in [5.74, 6) is 1.58. The fraction of sp³-hybridized carbons (Fsp3) is 0.778. The standard InChI is InChI=1S/C27H40O9/c1-29-18-8-10-19(11-9-18)32-16-20(34-25-6-2-4-12-30-25)17-33-27-21-14-24(28)35-22(21)15-23(27)36-26-7-3-5-13-31-26/h8-11,20-28H,2-7,12-17H2,1H3/t20?,21-,22-,23+,24?,25?,26?,27+/m1/s1. The SMILES string of the molecule is COc1ccc(OCC(CO[C@H]2[C@@H]3CC(O)O[C@@H]3C[C@@H]2OC2CCCCO2)OC2CCCCO2)cc1. The molecule has 1 aromatic carbocycles. The van der Waals surface area contributed by atoms with Crippen molar-refractivity contribution in [3.63, 3.8) is 0 Å². The second-order valence-corrected chi connectivity index (χ2v) is 10.1. The van der Waals surface area contributed by atoms with Crippen molar-refractivity contribution < 1.29 is 43.0 Å². The maximum Gasteiger partial charge on any atom is 0.158 e. The van der Waals surface area contributed by atoms with Gasteiger partial charge in [-0.3, -0.25) is 0 Å². The van der Waals surface area contributed by atoms with Gasteiger partial charge in [0, 0.05) is 32.0 Å². The van der Waals surface area contributed by atoms with Crippen LogP contribution in [0.3, 0.4) is 0 Å². The van der Waals surface area contributed by atoms with Gasteiger partial charge in [0.05, 0.1) is 32.0 Å². The van der Waals surface area contributed by atoms with Crippen molar-refractivity contribution in [2.45, 2.75) is 94.7 Å². The number of fused-ring (bicyclic) bond motifs is 1. The number of ether oxygens (including phenoxy) is 8. The molecule has 1 aromatic rings. The second-order valence-electron chi connectivity index (χ2n) is 10.1. The molecule has 5 rings (SSSR count). The zero-order valence-corrected chi connectivity index (χ0v) is 21.1. The van der Waals surface area contributed by atoms with Crippen LogP contribution in [0.5, 0.6) is 11.5 Å². The zero-order valence-electron chi connectivity index (χ0n) is 21.1. The van der Waals surface area contributed by atoms with Gasteiger partial charge in [-0.1, -0.05) is 0 Å². The molecule has 0 amide bonds. The van der Waals surface area contributed by atoms with E-state index in [9.17, 15) is 5.11 Å². The highest BCUT2D eigenvalue weighted by molar-refractivity contribution is 5.31. The van der Waals surface area contributed by atoms with Gasteiger partial charge in [-0.15, -0.1) is 0 Å².